The van der Waals surface area contributed by atoms with Crippen LogP contribution in [0.5, 0.6) is 0 Å². The summed E-state index contributed by atoms with van der Waals surface area (Å²) < 4.78 is 30.5. The first-order valence-electron chi connectivity index (χ1n) is 5.86. The normalized spacial score (nSPS) is 14.2. The quantitative estimate of drug-likeness (QED) is 0.640. The average molecular weight is 368 g/mol. The minimum atomic E-state index is -3.46. The Labute approximate surface area is 124 Å². The third-order valence-corrected chi connectivity index (χ3v) is 6.74. The first kappa shape index (κ1) is 14.8. The van der Waals surface area contributed by atoms with Crippen LogP contribution in [-0.4, -0.2) is 25.7 Å². The van der Waals surface area contributed by atoms with Crippen LogP contribution in [0, 0.1) is 0 Å². The van der Waals surface area contributed by atoms with Gasteiger partial charge in [0, 0.05) is 4.88 Å². The van der Waals surface area contributed by atoms with Crippen LogP contribution in [0.3, 0.4) is 0 Å². The zero-order valence-corrected chi connectivity index (χ0v) is 13.6. The Hall–Kier alpha value is -0.600. The van der Waals surface area contributed by atoms with Crippen molar-refractivity contribution in [3.05, 3.63) is 16.0 Å². The molecule has 8 heteroatoms. The fraction of sp³-hybridized carbons (Fsp3) is 0.545. The minimum Gasteiger partial charge on any atom is -0.462 e. The Morgan fingerprint density at radius 1 is 1.47 bits per heavy atom. The molecular weight excluding hydrogens is 354 g/mol. The van der Waals surface area contributed by atoms with Crippen LogP contribution >= 0.6 is 27.3 Å². The smallest absolute Gasteiger partial charge is 0.341 e. The van der Waals surface area contributed by atoms with Crippen molar-refractivity contribution in [1.29, 1.82) is 0 Å². The van der Waals surface area contributed by atoms with Crippen LogP contribution in [-0.2, 0) is 27.6 Å². The molecule has 0 fully saturated rings. The molecule has 0 aliphatic heterocycles. The van der Waals surface area contributed by atoms with Gasteiger partial charge in [0.15, 0.2) is 0 Å². The summed E-state index contributed by atoms with van der Waals surface area (Å²) in [6.07, 6.45) is 2.69. The van der Waals surface area contributed by atoms with E-state index in [1.807, 2.05) is 0 Å². The summed E-state index contributed by atoms with van der Waals surface area (Å²) in [4.78, 5) is 13.1. The fourth-order valence-electron chi connectivity index (χ4n) is 2.06. The molecule has 1 aliphatic rings. The van der Waals surface area contributed by atoms with Crippen molar-refractivity contribution in [3.63, 3.8) is 0 Å². The zero-order valence-electron chi connectivity index (χ0n) is 10.4. The van der Waals surface area contributed by atoms with Gasteiger partial charge in [-0.05, 0) is 31.7 Å². The summed E-state index contributed by atoms with van der Waals surface area (Å²) in [6.45, 7) is 2.00. The number of carbonyl (C=O) groups is 1. The Morgan fingerprint density at radius 3 is 2.84 bits per heavy atom. The second-order valence-electron chi connectivity index (χ2n) is 4.11. The van der Waals surface area contributed by atoms with Gasteiger partial charge in [-0.2, -0.15) is 0 Å². The number of anilines is 1. The lowest BCUT2D eigenvalue weighted by Crippen LogP contribution is -2.16. The van der Waals surface area contributed by atoms with Crippen molar-refractivity contribution >= 4 is 48.3 Å². The number of alkyl halides is 1. The predicted octanol–water partition coefficient (Wildman–Crippen LogP) is 2.51. The third-order valence-electron chi connectivity index (χ3n) is 2.79. The summed E-state index contributed by atoms with van der Waals surface area (Å²) in [6, 6.07) is 0. The molecule has 0 atom stereocenters. The Bertz CT molecular complexity index is 594. The highest BCUT2D eigenvalue weighted by Crippen LogP contribution is 2.40. The molecule has 0 aromatic carbocycles. The van der Waals surface area contributed by atoms with Crippen LogP contribution < -0.4 is 4.72 Å². The van der Waals surface area contributed by atoms with Crippen molar-refractivity contribution in [2.45, 2.75) is 26.2 Å². The predicted molar refractivity (Wildman–Crippen MR) is 78.6 cm³/mol. The molecule has 19 heavy (non-hydrogen) atoms. The lowest BCUT2D eigenvalue weighted by atomic mass is 10.1. The van der Waals surface area contributed by atoms with Gasteiger partial charge in [0.05, 0.1) is 12.2 Å². The molecule has 0 saturated heterocycles. The van der Waals surface area contributed by atoms with E-state index in [1.165, 1.54) is 11.3 Å². The number of thiophene rings is 1. The van der Waals surface area contributed by atoms with E-state index in [-0.39, 0.29) is 11.3 Å². The van der Waals surface area contributed by atoms with E-state index in [2.05, 4.69) is 20.7 Å². The van der Waals surface area contributed by atoms with Crippen molar-refractivity contribution in [3.8, 4) is 0 Å². The number of carbonyl (C=O) groups excluding carboxylic acids is 1. The van der Waals surface area contributed by atoms with E-state index in [0.717, 1.165) is 29.7 Å². The minimum absolute atomic E-state index is 0.204. The number of sulfonamides is 1. The number of rotatable bonds is 5. The van der Waals surface area contributed by atoms with E-state index < -0.39 is 16.0 Å². The number of hydrogen-bond donors (Lipinski definition) is 1. The van der Waals surface area contributed by atoms with Gasteiger partial charge in [0.1, 0.15) is 9.66 Å². The number of halogens is 1. The average Bonchev–Trinajstić information content (AvgIpc) is 2.88. The molecule has 0 spiro atoms. The van der Waals surface area contributed by atoms with E-state index in [0.29, 0.717) is 10.6 Å². The summed E-state index contributed by atoms with van der Waals surface area (Å²) in [5.41, 5.74) is 1.33. The first-order valence-corrected chi connectivity index (χ1v) is 9.45. The van der Waals surface area contributed by atoms with Gasteiger partial charge in [-0.1, -0.05) is 15.9 Å². The summed E-state index contributed by atoms with van der Waals surface area (Å²) in [7, 11) is -3.46. The molecule has 0 bridgehead atoms. The van der Waals surface area contributed by atoms with Crippen LogP contribution in [0.4, 0.5) is 5.00 Å². The number of nitrogens with one attached hydrogen (secondary N) is 1. The molecule has 1 heterocycles. The molecule has 0 amide bonds. The first-order chi connectivity index (χ1) is 8.98. The number of esters is 1. The van der Waals surface area contributed by atoms with Crippen LogP contribution in [0.1, 0.15) is 34.1 Å². The monoisotopic (exact) mass is 367 g/mol. The third kappa shape index (κ3) is 3.11. The van der Waals surface area contributed by atoms with Crippen LogP contribution in [0.2, 0.25) is 0 Å². The highest BCUT2D eigenvalue weighted by atomic mass is 79.9. The molecule has 1 aromatic rings. The van der Waals surface area contributed by atoms with Crippen molar-refractivity contribution in [2.24, 2.45) is 0 Å². The van der Waals surface area contributed by atoms with E-state index in [1.54, 1.807) is 6.92 Å². The number of fused-ring (bicyclic) bond motifs is 1. The topological polar surface area (TPSA) is 72.5 Å². The maximum Gasteiger partial charge on any atom is 0.341 e. The molecule has 0 unspecified atom stereocenters. The Kier molecular flexibility index (Phi) is 4.52. The zero-order chi connectivity index (χ0) is 14.0. The summed E-state index contributed by atoms with van der Waals surface area (Å²) in [5.74, 6) is -0.450. The van der Waals surface area contributed by atoms with Gasteiger partial charge >= 0.3 is 5.97 Å². The van der Waals surface area contributed by atoms with Crippen LogP contribution in [0.15, 0.2) is 0 Å². The van der Waals surface area contributed by atoms with Crippen molar-refractivity contribution in [1.82, 2.24) is 0 Å². The summed E-state index contributed by atoms with van der Waals surface area (Å²) >= 11 is 4.25. The Morgan fingerprint density at radius 2 is 2.21 bits per heavy atom. The van der Waals surface area contributed by atoms with E-state index in [9.17, 15) is 13.2 Å². The van der Waals surface area contributed by atoms with Gasteiger partial charge in [-0.3, -0.25) is 4.72 Å². The lowest BCUT2D eigenvalue weighted by Gasteiger charge is -2.07. The second-order valence-corrected chi connectivity index (χ2v) is 8.24. The van der Waals surface area contributed by atoms with Gasteiger partial charge in [0.2, 0.25) is 10.0 Å². The second kappa shape index (κ2) is 5.80. The van der Waals surface area contributed by atoms with Crippen molar-refractivity contribution < 1.29 is 17.9 Å². The van der Waals surface area contributed by atoms with Gasteiger partial charge in [-0.25, -0.2) is 13.2 Å². The highest BCUT2D eigenvalue weighted by Gasteiger charge is 2.29. The number of ether oxygens (including phenoxy) is 1. The molecular formula is C11H14BrNO4S2. The van der Waals surface area contributed by atoms with E-state index in [4.69, 9.17) is 4.74 Å². The molecule has 0 saturated carbocycles. The molecule has 0 radical (unpaired) electrons. The standard InChI is InChI=1S/C11H14BrNO4S2/c1-2-17-11(14)9-7-4-3-5-8(7)18-10(9)13-19(15,16)6-12/h13H,2-6H2,1H3. The van der Waals surface area contributed by atoms with Crippen molar-refractivity contribution in [2.75, 3.05) is 16.0 Å². The summed E-state index contributed by atoms with van der Waals surface area (Å²) in [5, 5.41) is 0.377. The van der Waals surface area contributed by atoms with Crippen LogP contribution in [0.25, 0.3) is 0 Å². The molecule has 1 aliphatic carbocycles. The molecule has 1 N–H and O–H groups in total. The number of hydrogen-bond acceptors (Lipinski definition) is 5. The molecule has 2 rings (SSSR count). The Balaban J connectivity index is 2.41. The maximum atomic E-state index is 12.0. The number of aryl methyl sites for hydroxylation is 1. The molecule has 5 nitrogen and oxygen atoms in total. The largest absolute Gasteiger partial charge is 0.462 e. The highest BCUT2D eigenvalue weighted by molar-refractivity contribution is 9.10. The van der Waals surface area contributed by atoms with Gasteiger partial charge in [0.25, 0.3) is 0 Å². The maximum absolute atomic E-state index is 12.0. The van der Waals surface area contributed by atoms with Gasteiger partial charge < -0.3 is 4.74 Å². The molecule has 1 aromatic heterocycles. The van der Waals surface area contributed by atoms with Gasteiger partial charge in [-0.15, -0.1) is 11.3 Å². The fourth-order valence-corrected chi connectivity index (χ4v) is 4.52. The van der Waals surface area contributed by atoms with E-state index >= 15 is 0 Å². The molecule has 106 valence electrons. The SMILES string of the molecule is CCOC(=O)c1c(NS(=O)(=O)CBr)sc2c1CCC2. The lowest BCUT2D eigenvalue weighted by molar-refractivity contribution is 0.0527.